The lowest BCUT2D eigenvalue weighted by atomic mass is 9.33. The van der Waals surface area contributed by atoms with Crippen LogP contribution in [0.3, 0.4) is 0 Å². The van der Waals surface area contributed by atoms with Crippen molar-refractivity contribution in [2.45, 2.75) is 139 Å². The third-order valence-corrected chi connectivity index (χ3v) is 19.0. The van der Waals surface area contributed by atoms with E-state index in [0.717, 1.165) is 25.7 Å². The Kier molecular flexibility index (Phi) is 8.09. The van der Waals surface area contributed by atoms with Crippen molar-refractivity contribution >= 4 is 67.7 Å². The Morgan fingerprint density at radius 2 is 1.04 bits per heavy atom. The zero-order chi connectivity index (χ0) is 46.3. The Morgan fingerprint density at radius 1 is 0.471 bits per heavy atom. The second-order valence-electron chi connectivity index (χ2n) is 24.3. The molecule has 0 spiro atoms. The Bertz CT molecular complexity index is 3440. The number of fused-ring (bicyclic) bond motifs is 13. The maximum Gasteiger partial charge on any atom is 0.252 e. The van der Waals surface area contributed by atoms with Crippen LogP contribution in [0.25, 0.3) is 27.5 Å². The van der Waals surface area contributed by atoms with Gasteiger partial charge in [-0.05, 0) is 124 Å². The van der Waals surface area contributed by atoms with Crippen LogP contribution in [0.2, 0.25) is 0 Å². The first-order chi connectivity index (χ1) is 32.7. The fraction of sp³-hybridized carbons (Fsp3) is 0.344. The lowest BCUT2D eigenvalue weighted by molar-refractivity contribution is 0.214. The fourth-order valence-electron chi connectivity index (χ4n) is 16.0. The van der Waals surface area contributed by atoms with Crippen molar-refractivity contribution in [1.29, 1.82) is 0 Å². The summed E-state index contributed by atoms with van der Waals surface area (Å²) in [5, 5.41) is 2.69. The quantitative estimate of drug-likeness (QED) is 0.164. The highest BCUT2D eigenvalue weighted by Crippen LogP contribution is 2.67. The number of hydrogen-bond donors (Lipinski definition) is 0. The molecule has 1 aromatic heterocycles. The minimum atomic E-state index is -0.209. The van der Waals surface area contributed by atoms with Gasteiger partial charge in [0, 0.05) is 55.6 Å². The number of hydrogen-bond acceptors (Lipinski definition) is 2. The molecule has 2 saturated carbocycles. The van der Waals surface area contributed by atoms with E-state index in [0.29, 0.717) is 0 Å². The molecule has 0 N–H and O–H groups in total. The van der Waals surface area contributed by atoms with Crippen molar-refractivity contribution in [1.82, 2.24) is 4.57 Å². The lowest BCUT2D eigenvalue weighted by Gasteiger charge is -2.54. The van der Waals surface area contributed by atoms with Crippen molar-refractivity contribution in [2.24, 2.45) is 0 Å². The van der Waals surface area contributed by atoms with Crippen LogP contribution in [0.1, 0.15) is 140 Å². The molecule has 3 nitrogen and oxygen atoms in total. The van der Waals surface area contributed by atoms with Crippen molar-refractivity contribution in [3.8, 4) is 5.69 Å². The number of anilines is 4. The van der Waals surface area contributed by atoms with E-state index in [9.17, 15) is 0 Å². The third kappa shape index (κ3) is 4.83. The van der Waals surface area contributed by atoms with Gasteiger partial charge < -0.3 is 14.4 Å². The molecular formula is C64H64BN3. The minimum absolute atomic E-state index is 0.0267. The van der Waals surface area contributed by atoms with E-state index < -0.39 is 0 Å². The summed E-state index contributed by atoms with van der Waals surface area (Å²) in [5.74, 6) is 0. The summed E-state index contributed by atoms with van der Waals surface area (Å²) in [6, 6.07) is 58.2. The molecule has 7 aromatic carbocycles. The van der Waals surface area contributed by atoms with E-state index in [1.54, 1.807) is 5.56 Å². The zero-order valence-corrected chi connectivity index (χ0v) is 41.4. The molecule has 4 atom stereocenters. The molecule has 0 radical (unpaired) electrons. The molecule has 4 unspecified atom stereocenters. The molecule has 8 aromatic rings. The molecule has 0 saturated heterocycles. The molecule has 338 valence electrons. The predicted octanol–water partition coefficient (Wildman–Crippen LogP) is 14.1. The van der Waals surface area contributed by atoms with E-state index in [-0.39, 0.29) is 39.5 Å². The van der Waals surface area contributed by atoms with Gasteiger partial charge in [-0.1, -0.05) is 189 Å². The Hall–Kier alpha value is -6.00. The number of aromatic nitrogens is 1. The van der Waals surface area contributed by atoms with E-state index in [1.165, 1.54) is 120 Å². The van der Waals surface area contributed by atoms with Gasteiger partial charge in [0.25, 0.3) is 6.71 Å². The monoisotopic (exact) mass is 886 g/mol. The predicted molar refractivity (Wildman–Crippen MR) is 288 cm³/mol. The summed E-state index contributed by atoms with van der Waals surface area (Å²) in [6.45, 7) is 19.8. The van der Waals surface area contributed by atoms with Gasteiger partial charge in [-0.25, -0.2) is 0 Å². The summed E-state index contributed by atoms with van der Waals surface area (Å²) in [6.07, 6.45) is 9.43. The summed E-state index contributed by atoms with van der Waals surface area (Å²) < 4.78 is 2.70. The maximum absolute atomic E-state index is 2.97. The van der Waals surface area contributed by atoms with Crippen LogP contribution in [-0.2, 0) is 21.7 Å². The van der Waals surface area contributed by atoms with Gasteiger partial charge in [0.05, 0.1) is 16.6 Å². The topological polar surface area (TPSA) is 11.4 Å². The van der Waals surface area contributed by atoms with Crippen LogP contribution in [0.15, 0.2) is 146 Å². The van der Waals surface area contributed by atoms with Crippen molar-refractivity contribution < 1.29 is 0 Å². The molecule has 4 heteroatoms. The highest BCUT2D eigenvalue weighted by atomic mass is 15.3. The van der Waals surface area contributed by atoms with Gasteiger partial charge in [-0.15, -0.1) is 0 Å². The van der Waals surface area contributed by atoms with Crippen molar-refractivity contribution in [3.63, 3.8) is 0 Å². The molecule has 2 aliphatic carbocycles. The molecule has 2 fully saturated rings. The van der Waals surface area contributed by atoms with E-state index in [2.05, 4.69) is 215 Å². The molecule has 0 amide bonds. The first-order valence-corrected chi connectivity index (χ1v) is 26.0. The standard InChI is InChI=1S/C64H64BN3/c1-59(2,3)43-30-31-53-48(36-43)63(41-22-11-9-12-23-41)34-19-17-32-61(63,7)67(53)45-39-54-56-55(40-45)68-58-49(64(42-24-13-10-14-25-42)35-20-18-33-62(64,68)8)37-44(60(4,5)6)38-51(58)65(56)50-28-21-27-47-46-26-15-16-29-52(46)66(54)57(47)50/h9-16,21-31,36-40H,17-20,32-35H2,1-8H3. The normalized spacial score (nSPS) is 25.3. The number of nitrogens with zero attached hydrogens (tertiary/aromatic N) is 3. The first-order valence-electron chi connectivity index (χ1n) is 26.0. The number of para-hydroxylation sites is 2. The largest absolute Gasteiger partial charge is 0.335 e. The Morgan fingerprint density at radius 3 is 1.72 bits per heavy atom. The highest BCUT2D eigenvalue weighted by molar-refractivity contribution is 7.00. The molecule has 68 heavy (non-hydrogen) atoms. The average molecular weight is 886 g/mol. The number of rotatable bonds is 3. The molecule has 14 rings (SSSR count). The number of benzene rings is 7. The van der Waals surface area contributed by atoms with E-state index in [4.69, 9.17) is 0 Å². The summed E-state index contributed by atoms with van der Waals surface area (Å²) in [4.78, 5) is 5.86. The Labute approximate surface area is 404 Å². The zero-order valence-electron chi connectivity index (χ0n) is 41.4. The lowest BCUT2D eigenvalue weighted by Crippen LogP contribution is -2.64. The SMILES string of the molecule is CC(C)(C)c1ccc2c(c1)C1(c3ccccc3)CCCCC1(C)N2c1cc2c3c(c1)-n1c4ccccc4c4cccc(c41)B3c1cc(C(C)(C)C)cc3c1N2C1(C)CCCCC31c1ccccc1. The first kappa shape index (κ1) is 41.0. The van der Waals surface area contributed by atoms with Gasteiger partial charge >= 0.3 is 0 Å². The maximum atomic E-state index is 2.97. The smallest absolute Gasteiger partial charge is 0.252 e. The summed E-state index contributed by atoms with van der Waals surface area (Å²) in [5.41, 5.74) is 22.1. The van der Waals surface area contributed by atoms with E-state index in [1.807, 2.05) is 0 Å². The van der Waals surface area contributed by atoms with Gasteiger partial charge in [-0.2, -0.15) is 0 Å². The minimum Gasteiger partial charge on any atom is -0.335 e. The molecular weight excluding hydrogens is 822 g/mol. The summed E-state index contributed by atoms with van der Waals surface area (Å²) >= 11 is 0. The molecule has 6 aliphatic rings. The van der Waals surface area contributed by atoms with Crippen LogP contribution in [0.4, 0.5) is 22.7 Å². The van der Waals surface area contributed by atoms with Gasteiger partial charge in [0.2, 0.25) is 0 Å². The van der Waals surface area contributed by atoms with Gasteiger partial charge in [0.15, 0.2) is 0 Å². The molecule has 4 aliphatic heterocycles. The average Bonchev–Trinajstić information content (AvgIpc) is 3.90. The van der Waals surface area contributed by atoms with Crippen LogP contribution in [0.5, 0.6) is 0 Å². The van der Waals surface area contributed by atoms with Crippen LogP contribution >= 0.6 is 0 Å². The molecule has 0 bridgehead atoms. The third-order valence-electron chi connectivity index (χ3n) is 19.0. The fourth-order valence-corrected chi connectivity index (χ4v) is 16.0. The summed E-state index contributed by atoms with van der Waals surface area (Å²) in [7, 11) is 0. The highest BCUT2D eigenvalue weighted by Gasteiger charge is 2.65. The molecule has 5 heterocycles. The van der Waals surface area contributed by atoms with Crippen LogP contribution in [0, 0.1) is 0 Å². The Balaban J connectivity index is 1.14. The van der Waals surface area contributed by atoms with Gasteiger partial charge in [0.1, 0.15) is 0 Å². The van der Waals surface area contributed by atoms with Crippen LogP contribution < -0.4 is 26.2 Å². The van der Waals surface area contributed by atoms with E-state index >= 15 is 0 Å². The van der Waals surface area contributed by atoms with Crippen LogP contribution in [-0.4, -0.2) is 22.4 Å². The second-order valence-corrected chi connectivity index (χ2v) is 24.3. The van der Waals surface area contributed by atoms with Crippen molar-refractivity contribution in [2.75, 3.05) is 9.80 Å². The second kappa shape index (κ2) is 13.4. The van der Waals surface area contributed by atoms with Gasteiger partial charge in [-0.3, -0.25) is 0 Å². The van der Waals surface area contributed by atoms with Crippen molar-refractivity contribution in [3.05, 3.63) is 179 Å².